The smallest absolute Gasteiger partial charge is 0.124 e. The third-order valence-electron chi connectivity index (χ3n) is 9.50. The summed E-state index contributed by atoms with van der Waals surface area (Å²) < 4.78 is 0. The van der Waals surface area contributed by atoms with Gasteiger partial charge in [0, 0.05) is 32.8 Å². The number of hydrogen-bond acceptors (Lipinski definition) is 2. The SMILES string of the molecule is Oc1ccc2ccccc2c1-c1c(O)ccc2ccccc12.[Ti].c1c[c-](CC[c-]2[cH-][cH-][c-]3[c-]2CCCC3)c2c1CCCC2. The molecule has 0 amide bonds. The van der Waals surface area contributed by atoms with Crippen LogP contribution in [-0.2, 0) is 60.2 Å². The van der Waals surface area contributed by atoms with Crippen LogP contribution in [0.4, 0.5) is 0 Å². The van der Waals surface area contributed by atoms with E-state index in [-0.39, 0.29) is 33.2 Å². The Morgan fingerprint density at radius 1 is 0.628 bits per heavy atom. The second-order valence-electron chi connectivity index (χ2n) is 12.0. The molecule has 43 heavy (non-hydrogen) atoms. The van der Waals surface area contributed by atoms with Crippen LogP contribution in [0.1, 0.15) is 59.1 Å². The Bertz CT molecular complexity index is 1730. The molecule has 0 spiro atoms. The maximum absolute atomic E-state index is 10.4. The summed E-state index contributed by atoms with van der Waals surface area (Å²) in [6.07, 6.45) is 13.4. The number of benzene rings is 4. The molecule has 220 valence electrons. The van der Waals surface area contributed by atoms with E-state index < -0.39 is 0 Å². The minimum absolute atomic E-state index is 0. The maximum Gasteiger partial charge on any atom is 0.124 e. The molecule has 2 aliphatic rings. The van der Waals surface area contributed by atoms with Crippen molar-refractivity contribution in [1.29, 1.82) is 0 Å². The van der Waals surface area contributed by atoms with Crippen LogP contribution >= 0.6 is 0 Å². The first-order valence-electron chi connectivity index (χ1n) is 15.6. The first kappa shape index (κ1) is 29.5. The predicted octanol–water partition coefficient (Wildman–Crippen LogP) is 9.74. The summed E-state index contributed by atoms with van der Waals surface area (Å²) in [6.45, 7) is 0. The molecule has 3 heteroatoms. The molecule has 0 heterocycles. The van der Waals surface area contributed by atoms with Crippen LogP contribution in [0.3, 0.4) is 0 Å². The molecular weight excluding hydrogens is 560 g/mol. The molecule has 0 aromatic heterocycles. The third kappa shape index (κ3) is 5.84. The molecular formula is C40H38O2Ti-6. The number of rotatable bonds is 4. The summed E-state index contributed by atoms with van der Waals surface area (Å²) in [5, 5.41) is 24.8. The van der Waals surface area contributed by atoms with E-state index in [2.05, 4.69) is 24.3 Å². The van der Waals surface area contributed by atoms with Crippen molar-refractivity contribution < 1.29 is 31.9 Å². The van der Waals surface area contributed by atoms with E-state index in [1.54, 1.807) is 45.5 Å². The fourth-order valence-electron chi connectivity index (χ4n) is 7.35. The second kappa shape index (κ2) is 13.0. The Labute approximate surface area is 269 Å². The average molecular weight is 599 g/mol. The fourth-order valence-corrected chi connectivity index (χ4v) is 7.35. The molecule has 0 aliphatic heterocycles. The van der Waals surface area contributed by atoms with E-state index in [4.69, 9.17) is 0 Å². The van der Waals surface area contributed by atoms with Gasteiger partial charge in [-0.05, 0) is 33.7 Å². The molecule has 0 saturated carbocycles. The van der Waals surface area contributed by atoms with Gasteiger partial charge in [0.15, 0.2) is 0 Å². The summed E-state index contributed by atoms with van der Waals surface area (Å²) in [5.41, 5.74) is 11.3. The third-order valence-corrected chi connectivity index (χ3v) is 9.50. The van der Waals surface area contributed by atoms with Crippen LogP contribution in [0.25, 0.3) is 32.7 Å². The first-order chi connectivity index (χ1) is 20.7. The molecule has 0 radical (unpaired) electrons. The summed E-state index contributed by atoms with van der Waals surface area (Å²) in [7, 11) is 0. The Kier molecular flexibility index (Phi) is 8.89. The number of hydrogen-bond donors (Lipinski definition) is 2. The molecule has 0 atom stereocenters. The minimum atomic E-state index is 0. The van der Waals surface area contributed by atoms with Crippen LogP contribution in [0.2, 0.25) is 0 Å². The number of phenolic OH excluding ortho intramolecular Hbond substituents is 2. The molecule has 0 saturated heterocycles. The number of aryl methyl sites for hydroxylation is 4. The van der Waals surface area contributed by atoms with Crippen LogP contribution in [-0.4, -0.2) is 10.2 Å². The van der Waals surface area contributed by atoms with Gasteiger partial charge in [0.25, 0.3) is 0 Å². The molecule has 6 aromatic carbocycles. The van der Waals surface area contributed by atoms with Gasteiger partial charge in [0.1, 0.15) is 11.5 Å². The second-order valence-corrected chi connectivity index (χ2v) is 12.0. The zero-order valence-corrected chi connectivity index (χ0v) is 26.3. The Morgan fingerprint density at radius 2 is 1.26 bits per heavy atom. The average Bonchev–Trinajstić information content (AvgIpc) is 3.65. The van der Waals surface area contributed by atoms with Crippen LogP contribution in [0.5, 0.6) is 11.5 Å². The summed E-state index contributed by atoms with van der Waals surface area (Å²) in [6, 6.07) is 32.5. The van der Waals surface area contributed by atoms with E-state index in [0.717, 1.165) is 21.5 Å². The topological polar surface area (TPSA) is 40.5 Å². The molecule has 6 aromatic rings. The van der Waals surface area contributed by atoms with Crippen LogP contribution in [0, 0.1) is 0 Å². The van der Waals surface area contributed by atoms with Crippen molar-refractivity contribution in [3.63, 3.8) is 0 Å². The van der Waals surface area contributed by atoms with Gasteiger partial charge in [-0.25, -0.2) is 25.3 Å². The van der Waals surface area contributed by atoms with Gasteiger partial charge >= 0.3 is 0 Å². The van der Waals surface area contributed by atoms with E-state index in [1.165, 1.54) is 64.2 Å². The number of fused-ring (bicyclic) bond motifs is 4. The van der Waals surface area contributed by atoms with Gasteiger partial charge in [0.05, 0.1) is 0 Å². The largest absolute Gasteiger partial charge is 0.745 e. The van der Waals surface area contributed by atoms with Gasteiger partial charge in [-0.3, -0.25) is 0 Å². The zero-order valence-electron chi connectivity index (χ0n) is 24.7. The van der Waals surface area contributed by atoms with Crippen LogP contribution in [0.15, 0.2) is 97.1 Å². The molecule has 8 rings (SSSR count). The molecule has 2 aliphatic carbocycles. The minimum Gasteiger partial charge on any atom is -0.745 e. The Hall–Kier alpha value is -3.59. The van der Waals surface area contributed by atoms with Crippen molar-refractivity contribution in [1.82, 2.24) is 0 Å². The van der Waals surface area contributed by atoms with Gasteiger partial charge in [-0.1, -0.05) is 99.2 Å². The van der Waals surface area contributed by atoms with Crippen LogP contribution < -0.4 is 0 Å². The van der Waals surface area contributed by atoms with Crippen molar-refractivity contribution in [2.75, 3.05) is 0 Å². The van der Waals surface area contributed by atoms with Gasteiger partial charge in [0.2, 0.25) is 0 Å². The predicted molar refractivity (Wildman–Crippen MR) is 175 cm³/mol. The monoisotopic (exact) mass is 598 g/mol. The van der Waals surface area contributed by atoms with Gasteiger partial charge in [-0.15, -0.1) is 6.42 Å². The van der Waals surface area contributed by atoms with Crippen molar-refractivity contribution in [3.05, 3.63) is 130 Å². The number of phenols is 2. The number of aromatic hydroxyl groups is 2. The zero-order chi connectivity index (χ0) is 28.5. The summed E-state index contributed by atoms with van der Waals surface area (Å²) in [5.74, 6) is 0.343. The van der Waals surface area contributed by atoms with E-state index >= 15 is 0 Å². The summed E-state index contributed by atoms with van der Waals surface area (Å²) >= 11 is 0. The van der Waals surface area contributed by atoms with Crippen molar-refractivity contribution in [2.45, 2.75) is 64.2 Å². The maximum atomic E-state index is 10.4. The van der Waals surface area contributed by atoms with E-state index in [1.807, 2.05) is 60.7 Å². The van der Waals surface area contributed by atoms with E-state index in [0.29, 0.717) is 11.1 Å². The van der Waals surface area contributed by atoms with Gasteiger partial charge < -0.3 is 39.0 Å². The summed E-state index contributed by atoms with van der Waals surface area (Å²) in [4.78, 5) is 0. The Balaban J connectivity index is 0.000000150. The van der Waals surface area contributed by atoms with E-state index in [9.17, 15) is 10.2 Å². The van der Waals surface area contributed by atoms with Crippen molar-refractivity contribution >= 4 is 21.5 Å². The van der Waals surface area contributed by atoms with Gasteiger partial charge in [-0.2, -0.15) is 22.8 Å². The Morgan fingerprint density at radius 3 is 1.95 bits per heavy atom. The van der Waals surface area contributed by atoms with Crippen molar-refractivity contribution in [3.8, 4) is 22.6 Å². The normalized spacial score (nSPS) is 14.0. The molecule has 0 unspecified atom stereocenters. The fraction of sp³-hybridized carbons (Fsp3) is 0.250. The molecule has 2 N–H and O–H groups in total. The first-order valence-corrected chi connectivity index (χ1v) is 15.6. The molecule has 2 nitrogen and oxygen atoms in total. The van der Waals surface area contributed by atoms with Crippen molar-refractivity contribution in [2.24, 2.45) is 0 Å². The standard InChI is InChI=1S/C20H14O2.C20H24.Ti/c21-17-11-9-13-5-1-3-7-15(13)19(17)20-16-8-4-2-6-14(16)10-12-18(20)22;1-3-7-19-15(5-1)9-11-17(19)13-14-18-12-10-16-6-2-4-8-20(16)18;/h1-12,21-22H;9-12H,1-8,13-14H2;/q;-6;. The molecule has 0 fully saturated rings. The molecule has 0 bridgehead atoms. The quantitative estimate of drug-likeness (QED) is 0.157.